The number of anilines is 2. The van der Waals surface area contributed by atoms with E-state index in [1.165, 1.54) is 19.3 Å². The number of rotatable bonds is 7. The highest BCUT2D eigenvalue weighted by molar-refractivity contribution is 6.28. The molecule has 1 aromatic heterocycles. The number of halogens is 1. The Labute approximate surface area is 113 Å². The lowest BCUT2D eigenvalue weighted by atomic mass is 10.3. The van der Waals surface area contributed by atoms with Crippen molar-refractivity contribution in [1.29, 1.82) is 0 Å². The molecule has 0 bridgehead atoms. The first-order valence-corrected chi connectivity index (χ1v) is 7.01. The predicted octanol–water partition coefficient (Wildman–Crippen LogP) is 2.58. The van der Waals surface area contributed by atoms with Crippen molar-refractivity contribution in [3.63, 3.8) is 0 Å². The van der Waals surface area contributed by atoms with Crippen molar-refractivity contribution in [2.75, 3.05) is 29.9 Å². The van der Waals surface area contributed by atoms with E-state index in [2.05, 4.69) is 39.0 Å². The summed E-state index contributed by atoms with van der Waals surface area (Å²) in [5.41, 5.74) is 0. The second kappa shape index (κ2) is 6.18. The maximum absolute atomic E-state index is 5.93. The third-order valence-electron chi connectivity index (χ3n) is 3.18. The molecule has 1 saturated carbocycles. The number of aromatic nitrogens is 3. The van der Waals surface area contributed by atoms with E-state index < -0.39 is 0 Å². The summed E-state index contributed by atoms with van der Waals surface area (Å²) in [4.78, 5) is 14.7. The Balaban J connectivity index is 1.99. The molecule has 0 radical (unpaired) electrons. The van der Waals surface area contributed by atoms with E-state index in [1.807, 2.05) is 0 Å². The average Bonchev–Trinajstić information content (AvgIpc) is 3.14. The molecule has 1 aromatic rings. The molecule has 1 N–H and O–H groups in total. The number of nitrogens with one attached hydrogen (secondary N) is 1. The minimum atomic E-state index is 0.251. The molecule has 1 heterocycles. The highest BCUT2D eigenvalue weighted by Crippen LogP contribution is 2.32. The van der Waals surface area contributed by atoms with Gasteiger partial charge < -0.3 is 10.2 Å². The van der Waals surface area contributed by atoms with Crippen LogP contribution in [0, 0.1) is 5.92 Å². The van der Waals surface area contributed by atoms with Gasteiger partial charge in [0.2, 0.25) is 17.2 Å². The van der Waals surface area contributed by atoms with Crippen molar-refractivity contribution in [2.45, 2.75) is 33.1 Å². The zero-order chi connectivity index (χ0) is 13.0. The van der Waals surface area contributed by atoms with Gasteiger partial charge in [0.25, 0.3) is 0 Å². The third kappa shape index (κ3) is 3.70. The molecule has 0 aromatic carbocycles. The summed E-state index contributed by atoms with van der Waals surface area (Å²) in [6, 6.07) is 0. The minimum Gasteiger partial charge on any atom is -0.354 e. The fourth-order valence-electron chi connectivity index (χ4n) is 1.86. The Bertz CT molecular complexity index is 390. The van der Waals surface area contributed by atoms with Crippen molar-refractivity contribution in [3.8, 4) is 0 Å². The maximum Gasteiger partial charge on any atom is 0.231 e. The highest BCUT2D eigenvalue weighted by Gasteiger charge is 2.20. The van der Waals surface area contributed by atoms with Crippen LogP contribution in [0.25, 0.3) is 0 Å². The number of hydrogen-bond donors (Lipinski definition) is 1. The summed E-state index contributed by atoms with van der Waals surface area (Å²) in [6.45, 7) is 6.77. The Kier molecular flexibility index (Phi) is 4.58. The first-order chi connectivity index (χ1) is 8.72. The Morgan fingerprint density at radius 1 is 1.22 bits per heavy atom. The lowest BCUT2D eigenvalue weighted by Crippen LogP contribution is -2.25. The molecule has 1 aliphatic rings. The summed E-state index contributed by atoms with van der Waals surface area (Å²) in [6.07, 6.45) is 3.92. The van der Waals surface area contributed by atoms with E-state index in [-0.39, 0.29) is 5.28 Å². The van der Waals surface area contributed by atoms with Gasteiger partial charge >= 0.3 is 0 Å². The molecular weight excluding hydrogens is 250 g/mol. The van der Waals surface area contributed by atoms with Crippen molar-refractivity contribution in [2.24, 2.45) is 5.92 Å². The van der Waals surface area contributed by atoms with Gasteiger partial charge in [-0.25, -0.2) is 0 Å². The molecular formula is C12H20ClN5. The van der Waals surface area contributed by atoms with Crippen LogP contribution >= 0.6 is 11.6 Å². The monoisotopic (exact) mass is 269 g/mol. The first kappa shape index (κ1) is 13.3. The summed E-state index contributed by atoms with van der Waals surface area (Å²) in [7, 11) is 0. The van der Waals surface area contributed by atoms with Gasteiger partial charge in [-0.1, -0.05) is 12.8 Å². The molecule has 6 heteroatoms. The van der Waals surface area contributed by atoms with Crippen LogP contribution in [-0.2, 0) is 0 Å². The van der Waals surface area contributed by atoms with Crippen LogP contribution in [0.2, 0.25) is 5.28 Å². The molecule has 5 nitrogen and oxygen atoms in total. The van der Waals surface area contributed by atoms with Crippen LogP contribution in [-0.4, -0.2) is 34.6 Å². The van der Waals surface area contributed by atoms with E-state index in [9.17, 15) is 0 Å². The molecule has 0 amide bonds. The second-order valence-electron chi connectivity index (χ2n) is 4.56. The molecule has 0 spiro atoms. The normalized spacial score (nSPS) is 14.6. The molecule has 1 aliphatic carbocycles. The van der Waals surface area contributed by atoms with Crippen LogP contribution in [0.3, 0.4) is 0 Å². The summed E-state index contributed by atoms with van der Waals surface area (Å²) in [5.74, 6) is 2.13. The fourth-order valence-corrected chi connectivity index (χ4v) is 2.02. The van der Waals surface area contributed by atoms with E-state index in [0.717, 1.165) is 25.6 Å². The van der Waals surface area contributed by atoms with Crippen molar-refractivity contribution in [1.82, 2.24) is 15.0 Å². The van der Waals surface area contributed by atoms with Crippen LogP contribution in [0.15, 0.2) is 0 Å². The van der Waals surface area contributed by atoms with Crippen LogP contribution in [0.4, 0.5) is 11.9 Å². The summed E-state index contributed by atoms with van der Waals surface area (Å²) in [5, 5.41) is 3.48. The van der Waals surface area contributed by atoms with Gasteiger partial charge in [-0.05, 0) is 37.8 Å². The van der Waals surface area contributed by atoms with E-state index in [0.29, 0.717) is 11.9 Å². The van der Waals surface area contributed by atoms with E-state index in [4.69, 9.17) is 11.6 Å². The van der Waals surface area contributed by atoms with Gasteiger partial charge in [0.05, 0.1) is 0 Å². The lowest BCUT2D eigenvalue weighted by Gasteiger charge is -2.18. The van der Waals surface area contributed by atoms with E-state index in [1.54, 1.807) is 0 Å². The topological polar surface area (TPSA) is 53.9 Å². The second-order valence-corrected chi connectivity index (χ2v) is 4.90. The fraction of sp³-hybridized carbons (Fsp3) is 0.750. The van der Waals surface area contributed by atoms with Gasteiger partial charge in [-0.3, -0.25) is 0 Å². The van der Waals surface area contributed by atoms with Gasteiger partial charge in [0, 0.05) is 19.6 Å². The molecule has 18 heavy (non-hydrogen) atoms. The van der Waals surface area contributed by atoms with Crippen molar-refractivity contribution in [3.05, 3.63) is 5.28 Å². The minimum absolute atomic E-state index is 0.251. The van der Waals surface area contributed by atoms with Gasteiger partial charge in [0.1, 0.15) is 0 Å². The highest BCUT2D eigenvalue weighted by atomic mass is 35.5. The zero-order valence-electron chi connectivity index (χ0n) is 11.0. The standard InChI is InChI=1S/C12H20ClN5/c1-3-18(4-2)12-16-10(13)15-11(17-12)14-8-7-9-5-6-9/h9H,3-8H2,1-2H3,(H,14,15,16,17). The third-order valence-corrected chi connectivity index (χ3v) is 3.34. The van der Waals surface area contributed by atoms with Gasteiger partial charge in [0.15, 0.2) is 0 Å². The molecule has 0 aliphatic heterocycles. The van der Waals surface area contributed by atoms with Crippen LogP contribution < -0.4 is 10.2 Å². The zero-order valence-corrected chi connectivity index (χ0v) is 11.7. The average molecular weight is 270 g/mol. The quantitative estimate of drug-likeness (QED) is 0.825. The maximum atomic E-state index is 5.93. The molecule has 1 fully saturated rings. The largest absolute Gasteiger partial charge is 0.354 e. The van der Waals surface area contributed by atoms with Gasteiger partial charge in [-0.2, -0.15) is 15.0 Å². The Morgan fingerprint density at radius 2 is 1.94 bits per heavy atom. The summed E-state index contributed by atoms with van der Waals surface area (Å²) >= 11 is 5.93. The molecule has 2 rings (SSSR count). The smallest absolute Gasteiger partial charge is 0.231 e. The first-order valence-electron chi connectivity index (χ1n) is 6.63. The molecule has 0 unspecified atom stereocenters. The molecule has 0 atom stereocenters. The predicted molar refractivity (Wildman–Crippen MR) is 74.2 cm³/mol. The Hall–Kier alpha value is -1.10. The molecule has 0 saturated heterocycles. The SMILES string of the molecule is CCN(CC)c1nc(Cl)nc(NCCC2CC2)n1. The number of nitrogens with zero attached hydrogens (tertiary/aromatic N) is 4. The van der Waals surface area contributed by atoms with Crippen molar-refractivity contribution >= 4 is 23.5 Å². The van der Waals surface area contributed by atoms with E-state index >= 15 is 0 Å². The van der Waals surface area contributed by atoms with Crippen LogP contribution in [0.5, 0.6) is 0 Å². The molecule has 100 valence electrons. The number of hydrogen-bond acceptors (Lipinski definition) is 5. The van der Waals surface area contributed by atoms with Crippen LogP contribution in [0.1, 0.15) is 33.1 Å². The Morgan fingerprint density at radius 3 is 2.56 bits per heavy atom. The lowest BCUT2D eigenvalue weighted by molar-refractivity contribution is 0.752. The summed E-state index contributed by atoms with van der Waals surface area (Å²) < 4.78 is 0. The van der Waals surface area contributed by atoms with Crippen molar-refractivity contribution < 1.29 is 0 Å². The van der Waals surface area contributed by atoms with Gasteiger partial charge in [-0.15, -0.1) is 0 Å².